The summed E-state index contributed by atoms with van der Waals surface area (Å²) in [6.45, 7) is 3.20. The summed E-state index contributed by atoms with van der Waals surface area (Å²) in [5.41, 5.74) is 4.35. The van der Waals surface area contributed by atoms with Crippen LogP contribution in [0.15, 0.2) is 72.8 Å². The SMILES string of the molecule is CCCCc1nc(Cl)c(COCc2cccc(F)c2)n1Cc1ccc(-c2ccccc2C(=O)O)cc1. The molecule has 0 amide bonds. The lowest BCUT2D eigenvalue weighted by Crippen LogP contribution is -2.10. The van der Waals surface area contributed by atoms with Crippen LogP contribution in [-0.4, -0.2) is 20.6 Å². The number of rotatable bonds is 11. The molecule has 3 aromatic carbocycles. The first-order valence-electron chi connectivity index (χ1n) is 11.9. The number of imidazole rings is 1. The van der Waals surface area contributed by atoms with Gasteiger partial charge < -0.3 is 14.4 Å². The molecule has 0 bridgehead atoms. The van der Waals surface area contributed by atoms with Crippen molar-refractivity contribution in [3.05, 3.63) is 112 Å². The highest BCUT2D eigenvalue weighted by Gasteiger charge is 2.17. The molecular formula is C29H28ClFN2O3. The molecule has 0 fully saturated rings. The molecule has 0 aliphatic rings. The highest BCUT2D eigenvalue weighted by Crippen LogP contribution is 2.26. The zero-order chi connectivity index (χ0) is 25.5. The Hall–Kier alpha value is -3.48. The Balaban J connectivity index is 1.55. The molecule has 36 heavy (non-hydrogen) atoms. The van der Waals surface area contributed by atoms with Gasteiger partial charge in [-0.25, -0.2) is 14.2 Å². The van der Waals surface area contributed by atoms with E-state index in [1.165, 1.54) is 12.1 Å². The van der Waals surface area contributed by atoms with Crippen molar-refractivity contribution < 1.29 is 19.0 Å². The molecule has 0 aliphatic carbocycles. The van der Waals surface area contributed by atoms with Gasteiger partial charge in [-0.15, -0.1) is 0 Å². The van der Waals surface area contributed by atoms with Crippen LogP contribution in [0.5, 0.6) is 0 Å². The maximum atomic E-state index is 13.5. The normalized spacial score (nSPS) is 11.1. The first-order valence-corrected chi connectivity index (χ1v) is 12.3. The highest BCUT2D eigenvalue weighted by atomic mass is 35.5. The zero-order valence-electron chi connectivity index (χ0n) is 20.1. The van der Waals surface area contributed by atoms with Crippen LogP contribution < -0.4 is 0 Å². The number of ether oxygens (including phenoxy) is 1. The van der Waals surface area contributed by atoms with E-state index in [1.807, 2.05) is 42.5 Å². The standard InChI is InChI=1S/C29H28ClFN2O3/c1-2-3-11-27-32-28(30)26(19-36-18-21-7-6-8-23(31)16-21)33(27)17-20-12-14-22(15-13-20)24-9-4-5-10-25(24)29(34)35/h4-10,12-16H,2-3,11,17-19H2,1H3,(H,34,35). The molecule has 1 heterocycles. The van der Waals surface area contributed by atoms with E-state index in [-0.39, 0.29) is 24.6 Å². The number of carbonyl (C=O) groups is 1. The van der Waals surface area contributed by atoms with Crippen molar-refractivity contribution in [2.45, 2.75) is 45.9 Å². The van der Waals surface area contributed by atoms with Gasteiger partial charge in [0, 0.05) is 13.0 Å². The van der Waals surface area contributed by atoms with Gasteiger partial charge in [0.15, 0.2) is 5.15 Å². The van der Waals surface area contributed by atoms with E-state index in [9.17, 15) is 14.3 Å². The number of carboxylic acid groups (broad SMARTS) is 1. The topological polar surface area (TPSA) is 64.4 Å². The molecule has 1 N–H and O–H groups in total. The second-order valence-corrected chi connectivity index (χ2v) is 8.98. The Morgan fingerprint density at radius 3 is 2.53 bits per heavy atom. The third-order valence-electron chi connectivity index (χ3n) is 6.02. The lowest BCUT2D eigenvalue weighted by atomic mass is 9.99. The van der Waals surface area contributed by atoms with Crippen molar-refractivity contribution >= 4 is 17.6 Å². The number of aromatic nitrogens is 2. The van der Waals surface area contributed by atoms with Crippen molar-refractivity contribution in [3.8, 4) is 11.1 Å². The number of unbranched alkanes of at least 4 members (excludes halogenated alkanes) is 1. The lowest BCUT2D eigenvalue weighted by molar-refractivity contribution is 0.0697. The van der Waals surface area contributed by atoms with Crippen LogP contribution in [0.25, 0.3) is 11.1 Å². The van der Waals surface area contributed by atoms with Gasteiger partial charge in [-0.2, -0.15) is 0 Å². The number of halogens is 2. The summed E-state index contributed by atoms with van der Waals surface area (Å²) in [5.74, 6) is -0.354. The van der Waals surface area contributed by atoms with Crippen molar-refractivity contribution in [2.24, 2.45) is 0 Å². The van der Waals surface area contributed by atoms with Gasteiger partial charge in [-0.3, -0.25) is 0 Å². The fourth-order valence-corrected chi connectivity index (χ4v) is 4.40. The van der Waals surface area contributed by atoms with Crippen molar-refractivity contribution in [1.82, 2.24) is 9.55 Å². The number of aromatic carboxylic acids is 1. The van der Waals surface area contributed by atoms with Crippen LogP contribution >= 0.6 is 11.6 Å². The number of carboxylic acids is 1. The fraction of sp³-hybridized carbons (Fsp3) is 0.241. The van der Waals surface area contributed by atoms with Gasteiger partial charge in [0.1, 0.15) is 11.6 Å². The molecule has 1 aromatic heterocycles. The fourth-order valence-electron chi connectivity index (χ4n) is 4.14. The lowest BCUT2D eigenvalue weighted by Gasteiger charge is -2.14. The van der Waals surface area contributed by atoms with Crippen molar-refractivity contribution in [1.29, 1.82) is 0 Å². The van der Waals surface area contributed by atoms with Crippen LogP contribution in [0, 0.1) is 5.82 Å². The van der Waals surface area contributed by atoms with Gasteiger partial charge in [0.2, 0.25) is 0 Å². The predicted octanol–water partition coefficient (Wildman–Crippen LogP) is 7.15. The van der Waals surface area contributed by atoms with Gasteiger partial charge >= 0.3 is 5.97 Å². The summed E-state index contributed by atoms with van der Waals surface area (Å²) in [7, 11) is 0. The molecule has 0 spiro atoms. The van der Waals surface area contributed by atoms with Crippen molar-refractivity contribution in [3.63, 3.8) is 0 Å². The van der Waals surface area contributed by atoms with Gasteiger partial charge in [-0.1, -0.05) is 79.5 Å². The van der Waals surface area contributed by atoms with Gasteiger partial charge in [0.05, 0.1) is 24.5 Å². The maximum Gasteiger partial charge on any atom is 0.336 e. The molecule has 5 nitrogen and oxygen atoms in total. The number of benzene rings is 3. The Kier molecular flexibility index (Phi) is 8.52. The molecule has 0 saturated carbocycles. The Labute approximate surface area is 215 Å². The van der Waals surface area contributed by atoms with E-state index in [2.05, 4.69) is 16.5 Å². The predicted molar refractivity (Wildman–Crippen MR) is 139 cm³/mol. The van der Waals surface area contributed by atoms with Gasteiger partial charge in [0.25, 0.3) is 0 Å². The first kappa shape index (κ1) is 25.6. The van der Waals surface area contributed by atoms with Crippen LogP contribution in [0.4, 0.5) is 4.39 Å². The number of aryl methyl sites for hydroxylation is 1. The molecule has 0 saturated heterocycles. The third kappa shape index (κ3) is 6.20. The quantitative estimate of drug-likeness (QED) is 0.234. The molecule has 186 valence electrons. The van der Waals surface area contributed by atoms with E-state index in [0.29, 0.717) is 17.3 Å². The van der Waals surface area contributed by atoms with Crippen molar-refractivity contribution in [2.75, 3.05) is 0 Å². The molecule has 0 radical (unpaired) electrons. The zero-order valence-corrected chi connectivity index (χ0v) is 20.8. The molecule has 4 rings (SSSR count). The highest BCUT2D eigenvalue weighted by molar-refractivity contribution is 6.30. The first-order chi connectivity index (χ1) is 17.5. The second kappa shape index (κ2) is 12.0. The van der Waals surface area contributed by atoms with E-state index < -0.39 is 5.97 Å². The van der Waals surface area contributed by atoms with E-state index >= 15 is 0 Å². The molecule has 0 atom stereocenters. The average Bonchev–Trinajstić information content (AvgIpc) is 3.17. The molecule has 7 heteroatoms. The average molecular weight is 507 g/mol. The third-order valence-corrected chi connectivity index (χ3v) is 6.32. The second-order valence-electron chi connectivity index (χ2n) is 8.63. The summed E-state index contributed by atoms with van der Waals surface area (Å²) >= 11 is 6.53. The molecule has 0 unspecified atom stereocenters. The van der Waals surface area contributed by atoms with Crippen LogP contribution in [-0.2, 0) is 30.9 Å². The van der Waals surface area contributed by atoms with E-state index in [1.54, 1.807) is 18.2 Å². The minimum atomic E-state index is -0.953. The number of hydrogen-bond acceptors (Lipinski definition) is 3. The van der Waals surface area contributed by atoms with Crippen LogP contribution in [0.2, 0.25) is 5.15 Å². The minimum absolute atomic E-state index is 0.249. The Bertz CT molecular complexity index is 1330. The van der Waals surface area contributed by atoms with Crippen LogP contribution in [0.1, 0.15) is 52.8 Å². The molecule has 4 aromatic rings. The van der Waals surface area contributed by atoms with E-state index in [4.69, 9.17) is 16.3 Å². The smallest absolute Gasteiger partial charge is 0.336 e. The summed E-state index contributed by atoms with van der Waals surface area (Å²) < 4.78 is 21.5. The van der Waals surface area contributed by atoms with Crippen LogP contribution in [0.3, 0.4) is 0 Å². The summed E-state index contributed by atoms with van der Waals surface area (Å²) in [4.78, 5) is 16.2. The largest absolute Gasteiger partial charge is 0.478 e. The Morgan fingerprint density at radius 2 is 1.81 bits per heavy atom. The number of hydrogen-bond donors (Lipinski definition) is 1. The van der Waals surface area contributed by atoms with Gasteiger partial charge in [-0.05, 0) is 46.9 Å². The molecular weight excluding hydrogens is 479 g/mol. The molecule has 0 aliphatic heterocycles. The Morgan fingerprint density at radius 1 is 1.03 bits per heavy atom. The van der Waals surface area contributed by atoms with E-state index in [0.717, 1.165) is 47.5 Å². The minimum Gasteiger partial charge on any atom is -0.478 e. The summed E-state index contributed by atoms with van der Waals surface area (Å²) in [6.07, 6.45) is 2.82. The summed E-state index contributed by atoms with van der Waals surface area (Å²) in [6, 6.07) is 21.1. The number of nitrogens with zero attached hydrogens (tertiary/aromatic N) is 2. The monoisotopic (exact) mass is 506 g/mol. The summed E-state index contributed by atoms with van der Waals surface area (Å²) in [5, 5.41) is 9.92. The maximum absolute atomic E-state index is 13.5.